The van der Waals surface area contributed by atoms with Gasteiger partial charge in [0.2, 0.25) is 0 Å². The molecule has 9 nitrogen and oxygen atoms in total. The number of fused-ring (bicyclic) bond motifs is 4. The zero-order chi connectivity index (χ0) is 24.2. The molecule has 0 amide bonds. The maximum atomic E-state index is 11.2. The van der Waals surface area contributed by atoms with E-state index in [-0.39, 0.29) is 6.04 Å². The molecule has 2 aromatic rings. The van der Waals surface area contributed by atoms with Crippen LogP contribution < -0.4 is 4.74 Å². The molecule has 0 aliphatic carbocycles. The number of hydrogen-bond donors (Lipinski definition) is 4. The van der Waals surface area contributed by atoms with Crippen LogP contribution in [0.1, 0.15) is 30.9 Å². The van der Waals surface area contributed by atoms with E-state index in [9.17, 15) is 13.6 Å². The summed E-state index contributed by atoms with van der Waals surface area (Å²) in [7, 11) is 1.66. The molecule has 180 valence electrons. The fourth-order valence-corrected chi connectivity index (χ4v) is 5.70. The van der Waals surface area contributed by atoms with Crippen LogP contribution in [0.5, 0.6) is 5.75 Å². The molecular weight excluding hydrogens is 491 g/mol. The Morgan fingerprint density at radius 2 is 2.15 bits per heavy atom. The number of piperidine rings is 3. The number of aliphatic hydroxyl groups excluding tert-OH is 1. The standard InChI is InChI=1S/C20H24N2O2.C3H7AsO5/c1-3-13-12-22-9-7-14(13)10-19(22)20(23)16-6-8-21-18-5-4-15(24-2)11-17(16)18;5-3(6)1-2-4(7,8)9/h3-6,8,11,13-14,19-20,23H,1,7,9-10,12H2,2H3;1-2H2,(H,5,6)(H2,7,8,9). The number of aliphatic carboxylic acids is 1. The number of rotatable bonds is 7. The Hall–Kier alpha value is -2.16. The molecule has 2 bridgehead atoms. The Morgan fingerprint density at radius 3 is 2.70 bits per heavy atom. The van der Waals surface area contributed by atoms with Crippen molar-refractivity contribution in [3.63, 3.8) is 0 Å². The van der Waals surface area contributed by atoms with Gasteiger partial charge in [-0.1, -0.05) is 6.08 Å². The summed E-state index contributed by atoms with van der Waals surface area (Å²) in [6, 6.07) is 7.96. The van der Waals surface area contributed by atoms with E-state index in [0.717, 1.165) is 41.7 Å². The molecule has 0 spiro atoms. The van der Waals surface area contributed by atoms with Gasteiger partial charge in [0.15, 0.2) is 0 Å². The van der Waals surface area contributed by atoms with Gasteiger partial charge in [0, 0.05) is 24.2 Å². The summed E-state index contributed by atoms with van der Waals surface area (Å²) in [4.78, 5) is 16.6. The summed E-state index contributed by atoms with van der Waals surface area (Å²) in [6.07, 6.45) is 5.17. The van der Waals surface area contributed by atoms with Crippen LogP contribution in [-0.2, 0) is 8.53 Å². The predicted octanol–water partition coefficient (Wildman–Crippen LogP) is 1.99. The van der Waals surface area contributed by atoms with Crippen LogP contribution in [0, 0.1) is 11.8 Å². The second kappa shape index (κ2) is 10.8. The van der Waals surface area contributed by atoms with Crippen LogP contribution >= 0.6 is 0 Å². The van der Waals surface area contributed by atoms with E-state index in [0.29, 0.717) is 11.8 Å². The molecule has 3 aliphatic heterocycles. The molecule has 1 aromatic carbocycles. The molecule has 5 unspecified atom stereocenters. The van der Waals surface area contributed by atoms with Gasteiger partial charge >= 0.3 is 53.6 Å². The first-order valence-electron chi connectivity index (χ1n) is 10.9. The van der Waals surface area contributed by atoms with E-state index < -0.39 is 37.9 Å². The van der Waals surface area contributed by atoms with Crippen molar-refractivity contribution in [1.29, 1.82) is 0 Å². The third-order valence-electron chi connectivity index (χ3n) is 6.44. The van der Waals surface area contributed by atoms with Gasteiger partial charge in [-0.05, 0) is 61.1 Å². The third kappa shape index (κ3) is 6.46. The molecule has 5 atom stereocenters. The van der Waals surface area contributed by atoms with E-state index in [1.165, 1.54) is 6.42 Å². The molecule has 3 saturated heterocycles. The van der Waals surface area contributed by atoms with Crippen molar-refractivity contribution < 1.29 is 31.7 Å². The number of ether oxygens (including phenoxy) is 1. The molecule has 3 fully saturated rings. The topological polar surface area (TPSA) is 140 Å². The van der Waals surface area contributed by atoms with E-state index in [1.807, 2.05) is 24.3 Å². The maximum absolute atomic E-state index is 11.2. The second-order valence-corrected chi connectivity index (χ2v) is 12.2. The summed E-state index contributed by atoms with van der Waals surface area (Å²) < 4.78 is 31.7. The second-order valence-electron chi connectivity index (χ2n) is 8.51. The van der Waals surface area contributed by atoms with Gasteiger partial charge < -0.3 is 9.84 Å². The van der Waals surface area contributed by atoms with E-state index in [2.05, 4.69) is 22.5 Å². The summed E-state index contributed by atoms with van der Waals surface area (Å²) in [6.45, 7) is 6.07. The van der Waals surface area contributed by atoms with Crippen LogP contribution in [0.15, 0.2) is 43.1 Å². The van der Waals surface area contributed by atoms with Gasteiger partial charge in [-0.25, -0.2) is 0 Å². The summed E-state index contributed by atoms with van der Waals surface area (Å²) in [5.41, 5.74) is 1.85. The van der Waals surface area contributed by atoms with Crippen LogP contribution in [0.25, 0.3) is 10.9 Å². The van der Waals surface area contributed by atoms with E-state index in [1.54, 1.807) is 13.3 Å². The van der Waals surface area contributed by atoms with Crippen molar-refractivity contribution in [2.45, 2.75) is 36.6 Å². The van der Waals surface area contributed by atoms with Gasteiger partial charge in [-0.3, -0.25) is 9.88 Å². The molecule has 1 aromatic heterocycles. The Bertz CT molecular complexity index is 1040. The third-order valence-corrected chi connectivity index (χ3v) is 8.13. The number of carboxylic acid groups (broad SMARTS) is 1. The van der Waals surface area contributed by atoms with Gasteiger partial charge in [-0.2, -0.15) is 0 Å². The van der Waals surface area contributed by atoms with Gasteiger partial charge in [0.1, 0.15) is 5.75 Å². The molecule has 0 radical (unpaired) electrons. The van der Waals surface area contributed by atoms with Gasteiger partial charge in [0.05, 0.1) is 18.7 Å². The molecule has 3 aliphatic rings. The van der Waals surface area contributed by atoms with Crippen molar-refractivity contribution in [2.24, 2.45) is 11.8 Å². The zero-order valence-corrected chi connectivity index (χ0v) is 20.5. The number of carbonyl (C=O) groups is 1. The van der Waals surface area contributed by atoms with Crippen molar-refractivity contribution in [3.8, 4) is 5.75 Å². The average Bonchev–Trinajstić information content (AvgIpc) is 2.81. The molecule has 5 rings (SSSR count). The zero-order valence-electron chi connectivity index (χ0n) is 18.6. The number of benzene rings is 1. The predicted molar refractivity (Wildman–Crippen MR) is 123 cm³/mol. The first-order valence-corrected chi connectivity index (χ1v) is 14.6. The first-order chi connectivity index (χ1) is 15.6. The summed E-state index contributed by atoms with van der Waals surface area (Å²) >= 11 is -4.65. The molecule has 0 saturated carbocycles. The van der Waals surface area contributed by atoms with Crippen LogP contribution in [0.3, 0.4) is 0 Å². The van der Waals surface area contributed by atoms with Crippen LogP contribution in [-0.4, -0.2) is 74.7 Å². The minimum absolute atomic E-state index is 0.178. The number of methoxy groups -OCH3 is 1. The molecular formula is C23H31AsN2O7. The quantitative estimate of drug-likeness (QED) is 0.317. The van der Waals surface area contributed by atoms with Crippen molar-refractivity contribution in [3.05, 3.63) is 48.7 Å². The number of hydrogen-bond acceptors (Lipinski definition) is 6. The fourth-order valence-electron chi connectivity index (χ4n) is 4.69. The first kappa shape index (κ1) is 25.5. The SMILES string of the molecule is C=CC1CN2CCC1CC2C(O)c1ccnc2ccc(OC)cc12.O=C(O)CC[As](=O)(O)O. The average molecular weight is 522 g/mol. The number of carboxylic acids is 1. The van der Waals surface area contributed by atoms with Crippen LogP contribution in [0.2, 0.25) is 5.21 Å². The Morgan fingerprint density at radius 1 is 1.39 bits per heavy atom. The van der Waals surface area contributed by atoms with Crippen molar-refractivity contribution >= 4 is 31.0 Å². The van der Waals surface area contributed by atoms with Gasteiger partial charge in [0.25, 0.3) is 0 Å². The van der Waals surface area contributed by atoms with E-state index >= 15 is 0 Å². The number of aromatic nitrogens is 1. The monoisotopic (exact) mass is 522 g/mol. The van der Waals surface area contributed by atoms with E-state index in [4.69, 9.17) is 18.0 Å². The van der Waals surface area contributed by atoms with Crippen LogP contribution in [0.4, 0.5) is 0 Å². The molecule has 33 heavy (non-hydrogen) atoms. The van der Waals surface area contributed by atoms with Crippen molar-refractivity contribution in [1.82, 2.24) is 9.88 Å². The number of pyridine rings is 1. The Balaban J connectivity index is 0.000000292. The van der Waals surface area contributed by atoms with Gasteiger partial charge in [-0.15, -0.1) is 6.58 Å². The number of aliphatic hydroxyl groups is 1. The summed E-state index contributed by atoms with van der Waals surface area (Å²) in [5.74, 6) is 0.826. The Labute approximate surface area is 195 Å². The number of nitrogens with zero attached hydrogens (tertiary/aromatic N) is 2. The molecule has 10 heteroatoms. The minimum atomic E-state index is -4.65. The molecule has 4 heterocycles. The van der Waals surface area contributed by atoms with Crippen molar-refractivity contribution in [2.75, 3.05) is 20.2 Å². The summed E-state index contributed by atoms with van der Waals surface area (Å²) in [5, 5.41) is 19.6. The normalized spacial score (nSPS) is 25.1. The fraction of sp³-hybridized carbons (Fsp3) is 0.478. The molecule has 4 N–H and O–H groups in total. The Kier molecular flexibility index (Phi) is 8.37.